The Morgan fingerprint density at radius 3 is 2.18 bits per heavy atom. The van der Waals surface area contributed by atoms with E-state index < -0.39 is 5.32 Å². The van der Waals surface area contributed by atoms with Crippen LogP contribution in [-0.4, -0.2) is 11.5 Å². The van der Waals surface area contributed by atoms with Crippen LogP contribution in [0, 0.1) is 0 Å². The van der Waals surface area contributed by atoms with Gasteiger partial charge in [-0.3, -0.25) is 0 Å². The summed E-state index contributed by atoms with van der Waals surface area (Å²) in [5.41, 5.74) is 0. The lowest BCUT2D eigenvalue weighted by Gasteiger charge is -2.06. The largest absolute Gasteiger partial charge is 0.309 e. The maximum atomic E-state index is 5.92. The van der Waals surface area contributed by atoms with Crippen molar-refractivity contribution in [2.24, 2.45) is 0 Å². The molecule has 0 saturated heterocycles. The normalized spacial score (nSPS) is 15.0. The van der Waals surface area contributed by atoms with Crippen molar-refractivity contribution in [3.63, 3.8) is 0 Å². The van der Waals surface area contributed by atoms with Gasteiger partial charge in [0, 0.05) is 0 Å². The van der Waals surface area contributed by atoms with Crippen molar-refractivity contribution in [1.29, 1.82) is 0 Å². The number of alkyl halides is 1. The zero-order valence-electron chi connectivity index (χ0n) is 6.36. The third kappa shape index (κ3) is 9.50. The molecule has 0 aliphatic carbocycles. The van der Waals surface area contributed by atoms with Crippen molar-refractivity contribution in [3.05, 3.63) is 0 Å². The first kappa shape index (κ1) is 12.6. The Labute approximate surface area is 88.2 Å². The molecule has 0 aromatic rings. The van der Waals surface area contributed by atoms with Crippen LogP contribution in [0.25, 0.3) is 0 Å². The maximum Gasteiger partial charge on any atom is 0.309 e. The lowest BCUT2D eigenvalue weighted by atomic mass is 10.2. The second kappa shape index (κ2) is 6.11. The molecule has 0 N–H and O–H groups in total. The van der Waals surface area contributed by atoms with E-state index in [-0.39, 0.29) is 5.38 Å². The second-order valence-corrected chi connectivity index (χ2v) is 11.3. The summed E-state index contributed by atoms with van der Waals surface area (Å²) in [4.78, 5) is 0. The molecule has 0 aromatic carbocycles. The van der Waals surface area contributed by atoms with Gasteiger partial charge < -0.3 is 0 Å². The smallest absolute Gasteiger partial charge is 0.119 e. The Morgan fingerprint density at radius 1 is 1.27 bits per heavy atom. The summed E-state index contributed by atoms with van der Waals surface area (Å²) < 4.78 is 0. The van der Waals surface area contributed by atoms with Crippen LogP contribution in [0.3, 0.4) is 0 Å². The van der Waals surface area contributed by atoms with E-state index in [1.165, 1.54) is 0 Å². The van der Waals surface area contributed by atoms with Gasteiger partial charge >= 0.3 is 5.32 Å². The average Bonchev–Trinajstić information content (AvgIpc) is 1.79. The van der Waals surface area contributed by atoms with E-state index in [1.807, 2.05) is 0 Å². The molecule has 0 bridgehead atoms. The molecule has 0 aromatic heterocycles. The molecule has 0 rings (SSSR count). The minimum absolute atomic E-state index is 0.0378. The predicted octanol–water partition coefficient (Wildman–Crippen LogP) is 5.26. The molecular weight excluding hydrogens is 245 g/mol. The first-order chi connectivity index (χ1) is 4.95. The van der Waals surface area contributed by atoms with Crippen LogP contribution in [-0.2, 0) is 0 Å². The fraction of sp³-hybridized carbons (Fsp3) is 1.00. The summed E-state index contributed by atoms with van der Waals surface area (Å²) in [6.07, 6.45) is 3.74. The molecule has 1 unspecified atom stereocenters. The van der Waals surface area contributed by atoms with Gasteiger partial charge in [-0.2, -0.15) is 0 Å². The van der Waals surface area contributed by atoms with Crippen molar-refractivity contribution < 1.29 is 0 Å². The molecule has 0 fully saturated rings. The highest BCUT2D eigenvalue weighted by Crippen LogP contribution is 2.74. The lowest BCUT2D eigenvalue weighted by molar-refractivity contribution is 0.711. The average molecular weight is 257 g/mol. The van der Waals surface area contributed by atoms with Gasteiger partial charge in [-0.25, -0.2) is 0 Å². The number of unbranched alkanes of at least 4 members (excludes halogenated alkanes) is 1. The number of halogens is 4. The van der Waals surface area contributed by atoms with Gasteiger partial charge in [0.2, 0.25) is 0 Å². The van der Waals surface area contributed by atoms with E-state index >= 15 is 0 Å². The first-order valence-electron chi connectivity index (χ1n) is 3.57. The predicted molar refractivity (Wildman–Crippen MR) is 58.5 cm³/mol. The van der Waals surface area contributed by atoms with Gasteiger partial charge in [-0.15, -0.1) is 11.6 Å². The lowest BCUT2D eigenvalue weighted by Crippen LogP contribution is -2.02. The minimum Gasteiger partial charge on any atom is -0.119 e. The van der Waals surface area contributed by atoms with E-state index in [4.69, 9.17) is 45.3 Å². The van der Waals surface area contributed by atoms with Crippen LogP contribution in [0.2, 0.25) is 0 Å². The van der Waals surface area contributed by atoms with Crippen molar-refractivity contribution in [2.75, 3.05) is 6.16 Å². The molecule has 1 atom stereocenters. The molecule has 0 aliphatic heterocycles. The van der Waals surface area contributed by atoms with Crippen LogP contribution in [0.15, 0.2) is 0 Å². The van der Waals surface area contributed by atoms with Crippen LogP contribution >= 0.6 is 50.6 Å². The van der Waals surface area contributed by atoms with Gasteiger partial charge in [-0.1, -0.05) is 19.8 Å². The highest BCUT2D eigenvalue weighted by atomic mass is 36.1. The molecule has 0 nitrogen and oxygen atoms in total. The first-order valence-corrected chi connectivity index (χ1v) is 8.69. The molecule has 68 valence electrons. The van der Waals surface area contributed by atoms with Gasteiger partial charge in [0.05, 0.1) is 5.38 Å². The molecule has 0 saturated carbocycles. The Bertz CT molecular complexity index is 101. The highest BCUT2D eigenvalue weighted by molar-refractivity contribution is 8.32. The Morgan fingerprint density at radius 2 is 1.82 bits per heavy atom. The van der Waals surface area contributed by atoms with Crippen LogP contribution < -0.4 is 0 Å². The van der Waals surface area contributed by atoms with Gasteiger partial charge in [0.15, 0.2) is 0 Å². The van der Waals surface area contributed by atoms with E-state index in [9.17, 15) is 0 Å². The molecule has 0 radical (unpaired) electrons. The third-order valence-corrected chi connectivity index (χ3v) is 3.96. The highest BCUT2D eigenvalue weighted by Gasteiger charge is 2.35. The van der Waals surface area contributed by atoms with Crippen LogP contribution in [0.5, 0.6) is 0 Å². The summed E-state index contributed by atoms with van der Waals surface area (Å²) in [6, 6.07) is 0. The van der Waals surface area contributed by atoms with E-state index in [0.717, 1.165) is 19.3 Å². The fourth-order valence-corrected chi connectivity index (χ4v) is 4.28. The summed E-state index contributed by atoms with van der Waals surface area (Å²) >= 11 is 22.9. The topological polar surface area (TPSA) is 0 Å². The SMILES string of the molecule is CCCCC(Cl)C[P+](Cl)(Cl)Cl. The molecular formula is C6H12Cl4P+. The van der Waals surface area contributed by atoms with Crippen LogP contribution in [0.4, 0.5) is 0 Å². The maximum absolute atomic E-state index is 5.92. The summed E-state index contributed by atoms with van der Waals surface area (Å²) in [7, 11) is 0. The van der Waals surface area contributed by atoms with Gasteiger partial charge in [-0.05, 0) is 6.42 Å². The van der Waals surface area contributed by atoms with Gasteiger partial charge in [0.25, 0.3) is 0 Å². The zero-order valence-corrected chi connectivity index (χ0v) is 10.3. The Balaban J connectivity index is 3.44. The fourth-order valence-electron chi connectivity index (χ4n) is 0.742. The number of hydrogen-bond donors (Lipinski definition) is 0. The minimum atomic E-state index is -2.23. The van der Waals surface area contributed by atoms with E-state index in [1.54, 1.807) is 0 Å². The summed E-state index contributed by atoms with van der Waals surface area (Å²) in [5, 5.41) is -2.19. The second-order valence-electron chi connectivity index (χ2n) is 2.47. The van der Waals surface area contributed by atoms with E-state index in [0.29, 0.717) is 6.16 Å². The molecule has 11 heavy (non-hydrogen) atoms. The van der Waals surface area contributed by atoms with Crippen molar-refractivity contribution >= 4 is 50.6 Å². The quantitative estimate of drug-likeness (QED) is 0.465. The summed E-state index contributed by atoms with van der Waals surface area (Å²) in [6.45, 7) is 2.12. The summed E-state index contributed by atoms with van der Waals surface area (Å²) in [5.74, 6) is 0. The standard InChI is InChI=1S/C6H12Cl4P/c1-2-3-4-6(7)5-11(8,9)10/h6H,2-5H2,1H3/q+1. The number of rotatable bonds is 5. The zero-order chi connectivity index (χ0) is 8.91. The van der Waals surface area contributed by atoms with E-state index in [2.05, 4.69) is 6.92 Å². The molecule has 0 amide bonds. The third-order valence-electron chi connectivity index (χ3n) is 1.28. The Kier molecular flexibility index (Phi) is 6.99. The van der Waals surface area contributed by atoms with Crippen molar-refractivity contribution in [1.82, 2.24) is 0 Å². The monoisotopic (exact) mass is 255 g/mol. The van der Waals surface area contributed by atoms with Gasteiger partial charge in [0.1, 0.15) is 39.9 Å². The molecule has 0 aliphatic rings. The Hall–Kier alpha value is 1.59. The molecule has 0 heterocycles. The van der Waals surface area contributed by atoms with Crippen molar-refractivity contribution in [3.8, 4) is 0 Å². The number of hydrogen-bond acceptors (Lipinski definition) is 0. The van der Waals surface area contributed by atoms with Crippen LogP contribution in [0.1, 0.15) is 26.2 Å². The molecule has 0 spiro atoms. The molecule has 5 heteroatoms. The van der Waals surface area contributed by atoms with Crippen molar-refractivity contribution in [2.45, 2.75) is 31.6 Å².